The monoisotopic (exact) mass is 457 g/mol. The molecule has 0 spiro atoms. The van der Waals surface area contributed by atoms with E-state index in [0.717, 1.165) is 46.5 Å². The molecule has 7 heteroatoms. The lowest BCUT2D eigenvalue weighted by Gasteiger charge is -2.10. The van der Waals surface area contributed by atoms with Gasteiger partial charge in [-0.2, -0.15) is 0 Å². The molecule has 4 rings (SSSR count). The number of nitrogens with zero attached hydrogens (tertiary/aromatic N) is 4. The fraction of sp³-hybridized carbons (Fsp3) is 0.231. The summed E-state index contributed by atoms with van der Waals surface area (Å²) in [6.45, 7) is 2.67. The van der Waals surface area contributed by atoms with E-state index < -0.39 is 0 Å². The van der Waals surface area contributed by atoms with Gasteiger partial charge in [-0.3, -0.25) is 14.3 Å². The Balaban J connectivity index is 1.34. The van der Waals surface area contributed by atoms with Crippen LogP contribution in [-0.4, -0.2) is 38.0 Å². The van der Waals surface area contributed by atoms with Crippen molar-refractivity contribution in [2.45, 2.75) is 31.3 Å². The molecule has 0 fully saturated rings. The largest absolute Gasteiger partial charge is 0.356 e. The van der Waals surface area contributed by atoms with Crippen LogP contribution < -0.4 is 5.32 Å². The molecule has 0 unspecified atom stereocenters. The van der Waals surface area contributed by atoms with E-state index in [2.05, 4.69) is 68.4 Å². The molecule has 1 amide bonds. The molecule has 4 aromatic rings. The van der Waals surface area contributed by atoms with Crippen LogP contribution in [0.25, 0.3) is 17.1 Å². The van der Waals surface area contributed by atoms with Gasteiger partial charge in [0.1, 0.15) is 0 Å². The average Bonchev–Trinajstić information content (AvgIpc) is 3.27. The van der Waals surface area contributed by atoms with Crippen molar-refractivity contribution >= 4 is 17.7 Å². The van der Waals surface area contributed by atoms with Crippen LogP contribution in [-0.2, 0) is 11.2 Å². The second-order valence-corrected chi connectivity index (χ2v) is 8.78. The van der Waals surface area contributed by atoms with Gasteiger partial charge in [-0.25, -0.2) is 0 Å². The molecule has 0 saturated carbocycles. The SMILES string of the molecule is Cc1ccc(-c2nnc(SCCCC(=O)NCCc3ccccn3)n2-c2ccccc2)cc1. The second kappa shape index (κ2) is 11.4. The molecule has 2 heterocycles. The van der Waals surface area contributed by atoms with Crippen molar-refractivity contribution in [3.63, 3.8) is 0 Å². The van der Waals surface area contributed by atoms with Crippen LogP contribution in [0.1, 0.15) is 24.1 Å². The first-order valence-electron chi connectivity index (χ1n) is 11.1. The zero-order valence-corrected chi connectivity index (χ0v) is 19.5. The minimum atomic E-state index is 0.0661. The first-order valence-corrected chi connectivity index (χ1v) is 12.1. The molecular weight excluding hydrogens is 430 g/mol. The maximum Gasteiger partial charge on any atom is 0.220 e. The highest BCUT2D eigenvalue weighted by Crippen LogP contribution is 2.28. The average molecular weight is 458 g/mol. The van der Waals surface area contributed by atoms with E-state index in [1.54, 1.807) is 18.0 Å². The van der Waals surface area contributed by atoms with Crippen molar-refractivity contribution in [1.29, 1.82) is 0 Å². The van der Waals surface area contributed by atoms with Crippen LogP contribution in [0.4, 0.5) is 0 Å². The van der Waals surface area contributed by atoms with Crippen molar-refractivity contribution in [2.24, 2.45) is 0 Å². The van der Waals surface area contributed by atoms with Crippen LogP contribution in [0.3, 0.4) is 0 Å². The predicted molar refractivity (Wildman–Crippen MR) is 132 cm³/mol. The zero-order valence-electron chi connectivity index (χ0n) is 18.6. The summed E-state index contributed by atoms with van der Waals surface area (Å²) < 4.78 is 2.09. The third kappa shape index (κ3) is 6.29. The Morgan fingerprint density at radius 3 is 2.52 bits per heavy atom. The molecule has 0 aliphatic heterocycles. The highest BCUT2D eigenvalue weighted by Gasteiger charge is 2.16. The summed E-state index contributed by atoms with van der Waals surface area (Å²) in [6.07, 6.45) is 3.76. The number of carbonyl (C=O) groups is 1. The number of hydrogen-bond donors (Lipinski definition) is 1. The van der Waals surface area contributed by atoms with Crippen LogP contribution >= 0.6 is 11.8 Å². The van der Waals surface area contributed by atoms with Crippen molar-refractivity contribution in [2.75, 3.05) is 12.3 Å². The number of aryl methyl sites for hydroxylation is 1. The number of aromatic nitrogens is 4. The van der Waals surface area contributed by atoms with E-state index in [1.807, 2.05) is 36.4 Å². The summed E-state index contributed by atoms with van der Waals surface area (Å²) in [5.74, 6) is 1.67. The molecule has 0 bridgehead atoms. The summed E-state index contributed by atoms with van der Waals surface area (Å²) >= 11 is 1.62. The van der Waals surface area contributed by atoms with Crippen molar-refractivity contribution in [3.05, 3.63) is 90.3 Å². The maximum atomic E-state index is 12.2. The van der Waals surface area contributed by atoms with E-state index in [-0.39, 0.29) is 5.91 Å². The number of rotatable bonds is 10. The summed E-state index contributed by atoms with van der Waals surface area (Å²) in [6, 6.07) is 24.3. The molecule has 0 aliphatic rings. The number of hydrogen-bond acceptors (Lipinski definition) is 5. The van der Waals surface area contributed by atoms with Gasteiger partial charge in [-0.1, -0.05) is 65.9 Å². The van der Waals surface area contributed by atoms with Gasteiger partial charge in [0.2, 0.25) is 5.91 Å². The van der Waals surface area contributed by atoms with Gasteiger partial charge < -0.3 is 5.32 Å². The Bertz CT molecular complexity index is 1160. The molecule has 0 radical (unpaired) electrons. The predicted octanol–water partition coefficient (Wildman–Crippen LogP) is 4.87. The zero-order chi connectivity index (χ0) is 22.9. The van der Waals surface area contributed by atoms with Gasteiger partial charge in [-0.15, -0.1) is 10.2 Å². The Morgan fingerprint density at radius 2 is 1.76 bits per heavy atom. The topological polar surface area (TPSA) is 72.7 Å². The molecule has 2 aromatic heterocycles. The molecule has 2 aromatic carbocycles. The van der Waals surface area contributed by atoms with E-state index in [0.29, 0.717) is 13.0 Å². The van der Waals surface area contributed by atoms with E-state index >= 15 is 0 Å². The molecule has 0 saturated heterocycles. The molecule has 0 atom stereocenters. The number of amides is 1. The standard InChI is InChI=1S/C26H27N5OS/c1-20-12-14-21(15-13-20)25-29-30-26(31(25)23-9-3-2-4-10-23)33-19-7-11-24(32)28-18-16-22-8-5-6-17-27-22/h2-6,8-10,12-15,17H,7,11,16,18-19H2,1H3,(H,28,32). The van der Waals surface area contributed by atoms with Crippen LogP contribution in [0, 0.1) is 6.92 Å². The van der Waals surface area contributed by atoms with Crippen LogP contribution in [0.2, 0.25) is 0 Å². The van der Waals surface area contributed by atoms with Gasteiger partial charge in [0.15, 0.2) is 11.0 Å². The number of thioether (sulfide) groups is 1. The van der Waals surface area contributed by atoms with Crippen molar-refractivity contribution < 1.29 is 4.79 Å². The lowest BCUT2D eigenvalue weighted by molar-refractivity contribution is -0.121. The first-order chi connectivity index (χ1) is 16.2. The Labute approximate surface area is 198 Å². The number of para-hydroxylation sites is 1. The second-order valence-electron chi connectivity index (χ2n) is 7.72. The third-order valence-corrected chi connectivity index (χ3v) is 6.18. The summed E-state index contributed by atoms with van der Waals surface area (Å²) in [4.78, 5) is 16.5. The Kier molecular flexibility index (Phi) is 7.87. The molecule has 1 N–H and O–H groups in total. The van der Waals surface area contributed by atoms with Crippen molar-refractivity contribution in [1.82, 2.24) is 25.1 Å². The van der Waals surface area contributed by atoms with Gasteiger partial charge in [-0.05, 0) is 37.6 Å². The lowest BCUT2D eigenvalue weighted by Crippen LogP contribution is -2.25. The highest BCUT2D eigenvalue weighted by molar-refractivity contribution is 7.99. The number of pyridine rings is 1. The lowest BCUT2D eigenvalue weighted by atomic mass is 10.1. The minimum absolute atomic E-state index is 0.0661. The fourth-order valence-electron chi connectivity index (χ4n) is 3.42. The normalized spacial score (nSPS) is 10.8. The van der Waals surface area contributed by atoms with Gasteiger partial charge >= 0.3 is 0 Å². The summed E-state index contributed by atoms with van der Waals surface area (Å²) in [7, 11) is 0. The molecule has 168 valence electrons. The molecule has 6 nitrogen and oxygen atoms in total. The molecule has 0 aliphatic carbocycles. The summed E-state index contributed by atoms with van der Waals surface area (Å²) in [5, 5.41) is 12.7. The molecule has 33 heavy (non-hydrogen) atoms. The number of nitrogens with one attached hydrogen (secondary N) is 1. The summed E-state index contributed by atoms with van der Waals surface area (Å²) in [5.41, 5.74) is 4.24. The van der Waals surface area contributed by atoms with E-state index in [4.69, 9.17) is 0 Å². The van der Waals surface area contributed by atoms with Crippen molar-refractivity contribution in [3.8, 4) is 17.1 Å². The van der Waals surface area contributed by atoms with E-state index in [9.17, 15) is 4.79 Å². The fourth-order valence-corrected chi connectivity index (χ4v) is 4.31. The number of carbonyl (C=O) groups excluding carboxylic acids is 1. The van der Waals surface area contributed by atoms with Crippen LogP contribution in [0.5, 0.6) is 0 Å². The van der Waals surface area contributed by atoms with E-state index in [1.165, 1.54) is 5.56 Å². The van der Waals surface area contributed by atoms with Gasteiger partial charge in [0.25, 0.3) is 0 Å². The Morgan fingerprint density at radius 1 is 0.970 bits per heavy atom. The smallest absolute Gasteiger partial charge is 0.220 e. The van der Waals surface area contributed by atoms with Gasteiger partial charge in [0.05, 0.1) is 0 Å². The first kappa shape index (κ1) is 22.7. The maximum absolute atomic E-state index is 12.2. The highest BCUT2D eigenvalue weighted by atomic mass is 32.2. The third-order valence-electron chi connectivity index (χ3n) is 5.17. The molecular formula is C26H27N5OS. The quantitative estimate of drug-likeness (QED) is 0.272. The number of benzene rings is 2. The van der Waals surface area contributed by atoms with Crippen LogP contribution in [0.15, 0.2) is 84.1 Å². The Hall–Kier alpha value is -3.45. The minimum Gasteiger partial charge on any atom is -0.356 e. The van der Waals surface area contributed by atoms with Gasteiger partial charge in [0, 0.05) is 48.3 Å².